The lowest BCUT2D eigenvalue weighted by molar-refractivity contribution is 0.0530. The highest BCUT2D eigenvalue weighted by atomic mass is 16.3. The molecule has 5 heteroatoms. The van der Waals surface area contributed by atoms with Crippen LogP contribution in [0.4, 0.5) is 0 Å². The Kier molecular flexibility index (Phi) is 6.32. The maximum atomic E-state index is 9.56. The third-order valence-corrected chi connectivity index (χ3v) is 2.72. The van der Waals surface area contributed by atoms with Crippen molar-refractivity contribution >= 4 is 0 Å². The Labute approximate surface area is 109 Å². The van der Waals surface area contributed by atoms with E-state index in [1.807, 2.05) is 17.1 Å². The molecule has 0 aliphatic rings. The summed E-state index contributed by atoms with van der Waals surface area (Å²) < 4.78 is 1.89. The lowest BCUT2D eigenvalue weighted by atomic mass is 10.2. The van der Waals surface area contributed by atoms with E-state index >= 15 is 0 Å². The predicted molar refractivity (Wildman–Crippen MR) is 71.1 cm³/mol. The summed E-state index contributed by atoms with van der Waals surface area (Å²) in [7, 11) is 0. The minimum absolute atomic E-state index is 0.192. The van der Waals surface area contributed by atoms with Crippen LogP contribution in [0.25, 0.3) is 0 Å². The fourth-order valence-corrected chi connectivity index (χ4v) is 1.99. The van der Waals surface area contributed by atoms with Gasteiger partial charge in [0.25, 0.3) is 0 Å². The van der Waals surface area contributed by atoms with E-state index in [1.165, 1.54) is 0 Å². The molecule has 0 fully saturated rings. The van der Waals surface area contributed by atoms with E-state index in [1.54, 1.807) is 0 Å². The van der Waals surface area contributed by atoms with Crippen LogP contribution in [-0.2, 0) is 13.1 Å². The normalized spacial score (nSPS) is 13.5. The highest BCUT2D eigenvalue weighted by molar-refractivity contribution is 5.03. The number of hydrogen-bond acceptors (Lipinski definition) is 4. The third-order valence-electron chi connectivity index (χ3n) is 2.72. The molecule has 1 rings (SSSR count). The van der Waals surface area contributed by atoms with Gasteiger partial charge in [-0.15, -0.1) is 0 Å². The molecule has 1 aromatic heterocycles. The van der Waals surface area contributed by atoms with Gasteiger partial charge in [-0.25, -0.2) is 0 Å². The van der Waals surface area contributed by atoms with E-state index in [-0.39, 0.29) is 6.61 Å². The molecule has 0 saturated carbocycles. The summed E-state index contributed by atoms with van der Waals surface area (Å²) in [6, 6.07) is 0. The maximum absolute atomic E-state index is 9.56. The first-order valence-electron chi connectivity index (χ1n) is 6.57. The first-order valence-corrected chi connectivity index (χ1v) is 6.57. The van der Waals surface area contributed by atoms with Gasteiger partial charge >= 0.3 is 0 Å². The van der Waals surface area contributed by atoms with Crippen LogP contribution in [0.15, 0.2) is 12.4 Å². The number of hydrogen-bond donors (Lipinski definition) is 2. The van der Waals surface area contributed by atoms with Crippen LogP contribution in [0.1, 0.15) is 26.3 Å². The van der Waals surface area contributed by atoms with E-state index in [9.17, 15) is 5.11 Å². The number of aliphatic hydroxyl groups is 2. The summed E-state index contributed by atoms with van der Waals surface area (Å²) in [5.41, 5.74) is 1.14. The fraction of sp³-hybridized carbons (Fsp3) is 0.769. The first-order chi connectivity index (χ1) is 8.55. The summed E-state index contributed by atoms with van der Waals surface area (Å²) in [6.45, 7) is 9.17. The number of nitrogens with zero attached hydrogens (tertiary/aromatic N) is 3. The highest BCUT2D eigenvalue weighted by Gasteiger charge is 2.13. The van der Waals surface area contributed by atoms with Crippen LogP contribution in [-0.4, -0.2) is 50.7 Å². The van der Waals surface area contributed by atoms with E-state index in [4.69, 9.17) is 5.11 Å². The molecule has 1 heterocycles. The van der Waals surface area contributed by atoms with E-state index in [0.717, 1.165) is 25.2 Å². The molecule has 5 nitrogen and oxygen atoms in total. The van der Waals surface area contributed by atoms with Crippen LogP contribution < -0.4 is 0 Å². The standard InChI is InChI=1S/C13H25N3O2/c1-4-16-8-12(5-14-16)7-15(6-11(2)3)9-13(18)10-17/h5,8,11,13,17-18H,4,6-7,9-10H2,1-3H3. The van der Waals surface area contributed by atoms with Crippen molar-refractivity contribution in [2.24, 2.45) is 5.92 Å². The molecule has 1 aromatic rings. The van der Waals surface area contributed by atoms with Gasteiger partial charge in [0, 0.05) is 37.9 Å². The van der Waals surface area contributed by atoms with Gasteiger partial charge in [0.1, 0.15) is 0 Å². The molecule has 0 spiro atoms. The second-order valence-corrected chi connectivity index (χ2v) is 5.13. The molecule has 0 aliphatic carbocycles. The van der Waals surface area contributed by atoms with Gasteiger partial charge in [-0.1, -0.05) is 13.8 Å². The molecule has 0 radical (unpaired) electrons. The van der Waals surface area contributed by atoms with Gasteiger partial charge in [-0.2, -0.15) is 5.10 Å². The van der Waals surface area contributed by atoms with Crippen molar-refractivity contribution < 1.29 is 10.2 Å². The predicted octanol–water partition coefficient (Wildman–Crippen LogP) is 0.714. The van der Waals surface area contributed by atoms with Crippen molar-refractivity contribution in [3.8, 4) is 0 Å². The number of aliphatic hydroxyl groups excluding tert-OH is 2. The lowest BCUT2D eigenvalue weighted by Gasteiger charge is -2.25. The largest absolute Gasteiger partial charge is 0.394 e. The SMILES string of the molecule is CCn1cc(CN(CC(C)C)CC(O)CO)cn1. The van der Waals surface area contributed by atoms with Gasteiger partial charge in [-0.3, -0.25) is 9.58 Å². The van der Waals surface area contributed by atoms with Crippen LogP contribution in [0.3, 0.4) is 0 Å². The first kappa shape index (κ1) is 15.1. The fourth-order valence-electron chi connectivity index (χ4n) is 1.99. The maximum Gasteiger partial charge on any atom is 0.0897 e. The van der Waals surface area contributed by atoms with Gasteiger partial charge in [0.15, 0.2) is 0 Å². The van der Waals surface area contributed by atoms with Crippen LogP contribution in [0, 0.1) is 5.92 Å². The Morgan fingerprint density at radius 2 is 2.11 bits per heavy atom. The second-order valence-electron chi connectivity index (χ2n) is 5.13. The molecule has 104 valence electrons. The zero-order valence-corrected chi connectivity index (χ0v) is 11.6. The zero-order valence-electron chi connectivity index (χ0n) is 11.6. The minimum Gasteiger partial charge on any atom is -0.394 e. The minimum atomic E-state index is -0.676. The molecule has 1 unspecified atom stereocenters. The molecule has 1 atom stereocenters. The molecule has 2 N–H and O–H groups in total. The summed E-state index contributed by atoms with van der Waals surface area (Å²) in [6.07, 6.45) is 3.21. The van der Waals surface area contributed by atoms with Gasteiger partial charge in [0.2, 0.25) is 0 Å². The summed E-state index contributed by atoms with van der Waals surface area (Å²) >= 11 is 0. The molecular formula is C13H25N3O2. The van der Waals surface area contributed by atoms with Gasteiger partial charge in [-0.05, 0) is 12.8 Å². The van der Waals surface area contributed by atoms with E-state index in [0.29, 0.717) is 12.5 Å². The lowest BCUT2D eigenvalue weighted by Crippen LogP contribution is -2.36. The molecule has 18 heavy (non-hydrogen) atoms. The summed E-state index contributed by atoms with van der Waals surface area (Å²) in [5.74, 6) is 0.525. The summed E-state index contributed by atoms with van der Waals surface area (Å²) in [4.78, 5) is 2.16. The van der Waals surface area contributed by atoms with Gasteiger partial charge in [0.05, 0.1) is 18.9 Å². The monoisotopic (exact) mass is 255 g/mol. The number of aromatic nitrogens is 2. The molecule has 0 aromatic carbocycles. The smallest absolute Gasteiger partial charge is 0.0897 e. The highest BCUT2D eigenvalue weighted by Crippen LogP contribution is 2.08. The number of rotatable bonds is 8. The van der Waals surface area contributed by atoms with E-state index < -0.39 is 6.10 Å². The van der Waals surface area contributed by atoms with Crippen molar-refractivity contribution in [2.75, 3.05) is 19.7 Å². The zero-order chi connectivity index (χ0) is 13.5. The Morgan fingerprint density at radius 3 is 2.61 bits per heavy atom. The van der Waals surface area contributed by atoms with Crippen molar-refractivity contribution in [1.29, 1.82) is 0 Å². The Hall–Kier alpha value is -0.910. The molecule has 0 aliphatic heterocycles. The third kappa shape index (κ3) is 5.16. The quantitative estimate of drug-likeness (QED) is 0.718. The molecular weight excluding hydrogens is 230 g/mol. The van der Waals surface area contributed by atoms with Crippen molar-refractivity contribution in [3.63, 3.8) is 0 Å². The molecule has 0 bridgehead atoms. The van der Waals surface area contributed by atoms with Crippen LogP contribution in [0.2, 0.25) is 0 Å². The average molecular weight is 255 g/mol. The molecule has 0 saturated heterocycles. The Bertz CT molecular complexity index is 339. The van der Waals surface area contributed by atoms with Crippen molar-refractivity contribution in [2.45, 2.75) is 40.0 Å². The summed E-state index contributed by atoms with van der Waals surface area (Å²) in [5, 5.41) is 22.7. The van der Waals surface area contributed by atoms with E-state index in [2.05, 4.69) is 30.8 Å². The van der Waals surface area contributed by atoms with Crippen molar-refractivity contribution in [3.05, 3.63) is 18.0 Å². The average Bonchev–Trinajstić information content (AvgIpc) is 2.75. The topological polar surface area (TPSA) is 61.5 Å². The number of aryl methyl sites for hydroxylation is 1. The Morgan fingerprint density at radius 1 is 1.39 bits per heavy atom. The van der Waals surface area contributed by atoms with Crippen LogP contribution in [0.5, 0.6) is 0 Å². The van der Waals surface area contributed by atoms with Crippen LogP contribution >= 0.6 is 0 Å². The molecule has 0 amide bonds. The Balaban J connectivity index is 2.59. The van der Waals surface area contributed by atoms with Crippen molar-refractivity contribution in [1.82, 2.24) is 14.7 Å². The second kappa shape index (κ2) is 7.51. The van der Waals surface area contributed by atoms with Gasteiger partial charge < -0.3 is 10.2 Å².